The Labute approximate surface area is 170 Å². The number of hydrogen-bond acceptors (Lipinski definition) is 5. The van der Waals surface area contributed by atoms with E-state index in [0.717, 1.165) is 17.9 Å². The van der Waals surface area contributed by atoms with Gasteiger partial charge in [-0.2, -0.15) is 0 Å². The third kappa shape index (κ3) is 4.79. The first-order chi connectivity index (χ1) is 14.0. The summed E-state index contributed by atoms with van der Waals surface area (Å²) in [7, 11) is 1.33. The number of aromatic nitrogens is 1. The van der Waals surface area contributed by atoms with Crippen LogP contribution < -0.4 is 10.2 Å². The Bertz CT molecular complexity index is 1020. The molecule has 0 bridgehead atoms. The van der Waals surface area contributed by atoms with Gasteiger partial charge in [0.25, 0.3) is 5.91 Å². The maximum absolute atomic E-state index is 12.7. The second-order valence-corrected chi connectivity index (χ2v) is 6.51. The van der Waals surface area contributed by atoms with Crippen molar-refractivity contribution in [3.8, 4) is 0 Å². The van der Waals surface area contributed by atoms with Gasteiger partial charge in [0.15, 0.2) is 0 Å². The molecular formula is C23H23N3O3. The first-order valence-electron chi connectivity index (χ1n) is 9.32. The van der Waals surface area contributed by atoms with Gasteiger partial charge in [-0.15, -0.1) is 0 Å². The van der Waals surface area contributed by atoms with Crippen LogP contribution in [0.4, 0.5) is 17.1 Å². The topological polar surface area (TPSA) is 71.5 Å². The van der Waals surface area contributed by atoms with Crippen LogP contribution >= 0.6 is 0 Å². The van der Waals surface area contributed by atoms with Gasteiger partial charge in [-0.05, 0) is 67.9 Å². The van der Waals surface area contributed by atoms with Gasteiger partial charge in [0.2, 0.25) is 0 Å². The molecule has 148 valence electrons. The predicted molar refractivity (Wildman–Crippen MR) is 114 cm³/mol. The first-order valence-corrected chi connectivity index (χ1v) is 9.32. The molecule has 0 aliphatic carbocycles. The number of ether oxygens (including phenoxy) is 1. The molecule has 1 heterocycles. The molecule has 6 nitrogen and oxygen atoms in total. The standard InChI is InChI=1S/C23H23N3O3/c1-4-26(19-7-5-6-16(2)14-19)20-12-13-24-21(15-20)22(27)25-18-10-8-17(9-11-18)23(28)29-3/h5-15H,4H2,1-3H3,(H,25,27). The van der Waals surface area contributed by atoms with Gasteiger partial charge in [-0.25, -0.2) is 4.79 Å². The highest BCUT2D eigenvalue weighted by molar-refractivity contribution is 6.03. The zero-order valence-electron chi connectivity index (χ0n) is 16.7. The van der Waals surface area contributed by atoms with Crippen LogP contribution in [-0.2, 0) is 4.74 Å². The van der Waals surface area contributed by atoms with Crippen molar-refractivity contribution >= 4 is 28.9 Å². The number of esters is 1. The molecule has 1 N–H and O–H groups in total. The molecule has 0 radical (unpaired) electrons. The van der Waals surface area contributed by atoms with Gasteiger partial charge >= 0.3 is 5.97 Å². The lowest BCUT2D eigenvalue weighted by atomic mass is 10.2. The summed E-state index contributed by atoms with van der Waals surface area (Å²) in [6.45, 7) is 4.86. The van der Waals surface area contributed by atoms with Crippen molar-refractivity contribution in [3.63, 3.8) is 0 Å². The fourth-order valence-electron chi connectivity index (χ4n) is 3.02. The van der Waals surface area contributed by atoms with E-state index in [1.54, 1.807) is 36.5 Å². The van der Waals surface area contributed by atoms with E-state index in [4.69, 9.17) is 0 Å². The number of anilines is 3. The number of pyridine rings is 1. The summed E-state index contributed by atoms with van der Waals surface area (Å²) in [4.78, 5) is 30.5. The van der Waals surface area contributed by atoms with Crippen LogP contribution in [-0.4, -0.2) is 30.5 Å². The third-order valence-electron chi connectivity index (χ3n) is 4.48. The summed E-state index contributed by atoms with van der Waals surface area (Å²) < 4.78 is 4.68. The van der Waals surface area contributed by atoms with Crippen LogP contribution in [0.5, 0.6) is 0 Å². The zero-order valence-corrected chi connectivity index (χ0v) is 16.7. The van der Waals surface area contributed by atoms with Crippen LogP contribution in [0, 0.1) is 6.92 Å². The van der Waals surface area contributed by atoms with Gasteiger partial charge in [0.05, 0.1) is 12.7 Å². The lowest BCUT2D eigenvalue weighted by molar-refractivity contribution is 0.0600. The molecule has 3 aromatic rings. The van der Waals surface area contributed by atoms with Crippen LogP contribution in [0.25, 0.3) is 0 Å². The van der Waals surface area contributed by atoms with Crippen molar-refractivity contribution < 1.29 is 14.3 Å². The molecular weight excluding hydrogens is 366 g/mol. The molecule has 0 unspecified atom stereocenters. The normalized spacial score (nSPS) is 10.3. The number of aryl methyl sites for hydroxylation is 1. The number of nitrogens with one attached hydrogen (secondary N) is 1. The van der Waals surface area contributed by atoms with E-state index in [-0.39, 0.29) is 5.91 Å². The van der Waals surface area contributed by atoms with E-state index >= 15 is 0 Å². The maximum Gasteiger partial charge on any atom is 0.337 e. The third-order valence-corrected chi connectivity index (χ3v) is 4.48. The van der Waals surface area contributed by atoms with Crippen molar-refractivity contribution in [2.24, 2.45) is 0 Å². The summed E-state index contributed by atoms with van der Waals surface area (Å²) in [5.74, 6) is -0.744. The summed E-state index contributed by atoms with van der Waals surface area (Å²) in [6, 6.07) is 18.4. The van der Waals surface area contributed by atoms with Gasteiger partial charge < -0.3 is 15.0 Å². The molecule has 0 spiro atoms. The SMILES string of the molecule is CCN(c1cccc(C)c1)c1ccnc(C(=O)Nc2ccc(C(=O)OC)cc2)c1. The second kappa shape index (κ2) is 9.01. The van der Waals surface area contributed by atoms with Gasteiger partial charge in [0, 0.05) is 29.8 Å². The molecule has 0 saturated carbocycles. The molecule has 1 amide bonds. The number of nitrogens with zero attached hydrogens (tertiary/aromatic N) is 2. The number of amides is 1. The van der Waals surface area contributed by atoms with Gasteiger partial charge in [0.1, 0.15) is 5.69 Å². The summed E-state index contributed by atoms with van der Waals surface area (Å²) >= 11 is 0. The molecule has 0 fully saturated rings. The van der Waals surface area contributed by atoms with Gasteiger partial charge in [-0.1, -0.05) is 12.1 Å². The Morgan fingerprint density at radius 3 is 2.41 bits per heavy atom. The average Bonchev–Trinajstić information content (AvgIpc) is 2.74. The van der Waals surface area contributed by atoms with Crippen LogP contribution in [0.2, 0.25) is 0 Å². The summed E-state index contributed by atoms with van der Waals surface area (Å²) in [5, 5.41) is 2.80. The number of benzene rings is 2. The zero-order chi connectivity index (χ0) is 20.8. The lowest BCUT2D eigenvalue weighted by Crippen LogP contribution is -2.18. The van der Waals surface area contributed by atoms with Gasteiger partial charge in [-0.3, -0.25) is 9.78 Å². The number of hydrogen-bond donors (Lipinski definition) is 1. The van der Waals surface area contributed by atoms with E-state index in [1.807, 2.05) is 31.2 Å². The summed E-state index contributed by atoms with van der Waals surface area (Å²) in [5.41, 5.74) is 4.42. The Hall–Kier alpha value is -3.67. The minimum atomic E-state index is -0.423. The van der Waals surface area contributed by atoms with E-state index < -0.39 is 5.97 Å². The minimum Gasteiger partial charge on any atom is -0.465 e. The van der Waals surface area contributed by atoms with Crippen molar-refractivity contribution in [3.05, 3.63) is 83.7 Å². The van der Waals surface area contributed by atoms with E-state index in [9.17, 15) is 9.59 Å². The molecule has 6 heteroatoms. The van der Waals surface area contributed by atoms with Crippen LogP contribution in [0.1, 0.15) is 33.3 Å². The Kier molecular flexibility index (Phi) is 6.24. The molecule has 1 aromatic heterocycles. The molecule has 0 atom stereocenters. The van der Waals surface area contributed by atoms with Crippen molar-refractivity contribution in [1.29, 1.82) is 0 Å². The smallest absolute Gasteiger partial charge is 0.337 e. The van der Waals surface area contributed by atoms with E-state index in [1.165, 1.54) is 12.7 Å². The maximum atomic E-state index is 12.7. The highest BCUT2D eigenvalue weighted by Crippen LogP contribution is 2.26. The molecule has 3 rings (SSSR count). The molecule has 0 aliphatic heterocycles. The van der Waals surface area contributed by atoms with Crippen LogP contribution in [0.3, 0.4) is 0 Å². The average molecular weight is 389 g/mol. The minimum absolute atomic E-state index is 0.311. The first kappa shape index (κ1) is 20.1. The molecule has 2 aromatic carbocycles. The highest BCUT2D eigenvalue weighted by Gasteiger charge is 2.13. The number of rotatable bonds is 6. The molecule has 0 aliphatic rings. The van der Waals surface area contributed by atoms with E-state index in [0.29, 0.717) is 16.9 Å². The lowest BCUT2D eigenvalue weighted by Gasteiger charge is -2.24. The Morgan fingerprint density at radius 2 is 1.76 bits per heavy atom. The second-order valence-electron chi connectivity index (χ2n) is 6.51. The number of carbonyl (C=O) groups is 2. The number of carbonyl (C=O) groups excluding carboxylic acids is 2. The highest BCUT2D eigenvalue weighted by atomic mass is 16.5. The molecule has 0 saturated heterocycles. The quantitative estimate of drug-likeness (QED) is 0.625. The number of methoxy groups -OCH3 is 1. The Morgan fingerprint density at radius 1 is 1.03 bits per heavy atom. The fraction of sp³-hybridized carbons (Fsp3) is 0.174. The van der Waals surface area contributed by atoms with E-state index in [2.05, 4.69) is 32.9 Å². The predicted octanol–water partition coefficient (Wildman–Crippen LogP) is 4.59. The van der Waals surface area contributed by atoms with Crippen molar-refractivity contribution in [2.75, 3.05) is 23.9 Å². The molecule has 29 heavy (non-hydrogen) atoms. The van der Waals surface area contributed by atoms with Crippen LogP contribution in [0.15, 0.2) is 66.9 Å². The fourth-order valence-corrected chi connectivity index (χ4v) is 3.02. The Balaban J connectivity index is 1.79. The largest absolute Gasteiger partial charge is 0.465 e. The monoisotopic (exact) mass is 389 g/mol. The summed E-state index contributed by atoms with van der Waals surface area (Å²) in [6.07, 6.45) is 1.63. The van der Waals surface area contributed by atoms with Crippen molar-refractivity contribution in [2.45, 2.75) is 13.8 Å². The van der Waals surface area contributed by atoms with Crippen molar-refractivity contribution in [1.82, 2.24) is 4.98 Å².